The molecule has 1 amide bonds. The van der Waals surface area contributed by atoms with Gasteiger partial charge in [0.2, 0.25) is 11.8 Å². The second kappa shape index (κ2) is 9.25. The molecular formula is C26H30N4O2. The number of hydrogen-bond acceptors (Lipinski definition) is 5. The number of nitrogens with one attached hydrogen (secondary N) is 2. The molecule has 1 aromatic heterocycles. The van der Waals surface area contributed by atoms with Gasteiger partial charge in [-0.2, -0.15) is 0 Å². The number of amides is 1. The van der Waals surface area contributed by atoms with E-state index in [9.17, 15) is 4.79 Å². The number of aryl methyl sites for hydroxylation is 1. The Morgan fingerprint density at radius 1 is 0.938 bits per heavy atom. The largest absolute Gasteiger partial charge is 0.419 e. The van der Waals surface area contributed by atoms with E-state index in [1.165, 1.54) is 32.1 Å². The maximum absolute atomic E-state index is 12.4. The summed E-state index contributed by atoms with van der Waals surface area (Å²) in [6, 6.07) is 14.9. The first-order chi connectivity index (χ1) is 15.7. The first-order valence-electron chi connectivity index (χ1n) is 11.7. The lowest BCUT2D eigenvalue weighted by Gasteiger charge is -2.21. The molecule has 2 N–H and O–H groups in total. The molecule has 3 aromatic rings. The monoisotopic (exact) mass is 430 g/mol. The summed E-state index contributed by atoms with van der Waals surface area (Å²) in [5, 5.41) is 15.0. The molecule has 0 unspecified atom stereocenters. The third kappa shape index (κ3) is 4.91. The highest BCUT2D eigenvalue weighted by atomic mass is 16.4. The van der Waals surface area contributed by atoms with Crippen molar-refractivity contribution in [1.29, 1.82) is 0 Å². The summed E-state index contributed by atoms with van der Waals surface area (Å²) < 4.78 is 5.89. The molecule has 2 aromatic carbocycles. The number of aromatic nitrogens is 2. The molecule has 6 heteroatoms. The van der Waals surface area contributed by atoms with Gasteiger partial charge in [0.15, 0.2) is 0 Å². The van der Waals surface area contributed by atoms with Crippen LogP contribution in [0, 0.1) is 6.92 Å². The van der Waals surface area contributed by atoms with E-state index in [0.717, 1.165) is 35.1 Å². The number of carbonyl (C=O) groups is 1. The third-order valence-corrected chi connectivity index (χ3v) is 6.47. The smallest absolute Gasteiger partial charge is 0.251 e. The summed E-state index contributed by atoms with van der Waals surface area (Å²) in [5.41, 5.74) is 4.85. The highest BCUT2D eigenvalue weighted by Crippen LogP contribution is 2.28. The lowest BCUT2D eigenvalue weighted by Crippen LogP contribution is -2.30. The van der Waals surface area contributed by atoms with Gasteiger partial charge in [-0.15, -0.1) is 10.2 Å². The third-order valence-electron chi connectivity index (χ3n) is 6.47. The molecule has 0 aliphatic heterocycles. The van der Waals surface area contributed by atoms with Crippen LogP contribution in [0.15, 0.2) is 46.9 Å². The highest BCUT2D eigenvalue weighted by molar-refractivity contribution is 5.96. The van der Waals surface area contributed by atoms with Gasteiger partial charge in [0.25, 0.3) is 5.91 Å². The molecule has 2 aliphatic rings. The second-order valence-electron chi connectivity index (χ2n) is 9.07. The van der Waals surface area contributed by atoms with E-state index in [0.29, 0.717) is 36.0 Å². The maximum Gasteiger partial charge on any atom is 0.251 e. The fourth-order valence-corrected chi connectivity index (χ4v) is 4.34. The Hall–Kier alpha value is -2.99. The minimum absolute atomic E-state index is 0.00518. The Labute approximate surface area is 188 Å². The highest BCUT2D eigenvalue weighted by Gasteiger charge is 2.24. The summed E-state index contributed by atoms with van der Waals surface area (Å²) in [5.74, 6) is 1.16. The minimum atomic E-state index is 0.00518. The van der Waals surface area contributed by atoms with Gasteiger partial charge in [0, 0.05) is 23.2 Å². The Morgan fingerprint density at radius 3 is 2.44 bits per heavy atom. The first-order valence-corrected chi connectivity index (χ1v) is 11.7. The van der Waals surface area contributed by atoms with Crippen LogP contribution in [-0.4, -0.2) is 28.2 Å². The molecule has 2 saturated carbocycles. The fourth-order valence-electron chi connectivity index (χ4n) is 4.34. The van der Waals surface area contributed by atoms with Crippen LogP contribution in [0.3, 0.4) is 0 Å². The van der Waals surface area contributed by atoms with E-state index in [1.54, 1.807) is 0 Å². The number of hydrogen-bond donors (Lipinski definition) is 2. The van der Waals surface area contributed by atoms with Crippen LogP contribution in [-0.2, 0) is 6.54 Å². The van der Waals surface area contributed by atoms with Gasteiger partial charge in [0.1, 0.15) is 0 Å². The number of carbonyl (C=O) groups excluding carboxylic acids is 1. The van der Waals surface area contributed by atoms with E-state index < -0.39 is 0 Å². The Kier molecular flexibility index (Phi) is 6.04. The Morgan fingerprint density at radius 2 is 1.69 bits per heavy atom. The average molecular weight is 431 g/mol. The van der Waals surface area contributed by atoms with Crippen LogP contribution >= 0.6 is 0 Å². The van der Waals surface area contributed by atoms with Crippen LogP contribution in [0.4, 0.5) is 0 Å². The average Bonchev–Trinajstić information content (AvgIpc) is 3.52. The van der Waals surface area contributed by atoms with Crippen molar-refractivity contribution < 1.29 is 9.21 Å². The van der Waals surface area contributed by atoms with Crippen molar-refractivity contribution in [3.8, 4) is 22.6 Å². The van der Waals surface area contributed by atoms with E-state index in [1.807, 2.05) is 42.5 Å². The molecule has 1 heterocycles. The molecule has 2 fully saturated rings. The summed E-state index contributed by atoms with van der Waals surface area (Å²) in [7, 11) is 0. The van der Waals surface area contributed by atoms with Crippen molar-refractivity contribution in [2.24, 2.45) is 0 Å². The summed E-state index contributed by atoms with van der Waals surface area (Å²) in [6.45, 7) is 2.68. The zero-order valence-corrected chi connectivity index (χ0v) is 18.6. The normalized spacial score (nSPS) is 16.8. The number of benzene rings is 2. The van der Waals surface area contributed by atoms with E-state index in [2.05, 4.69) is 27.8 Å². The van der Waals surface area contributed by atoms with Gasteiger partial charge in [-0.25, -0.2) is 0 Å². The molecule has 6 nitrogen and oxygen atoms in total. The van der Waals surface area contributed by atoms with Crippen molar-refractivity contribution in [2.75, 3.05) is 0 Å². The van der Waals surface area contributed by atoms with Crippen molar-refractivity contribution in [1.82, 2.24) is 20.8 Å². The quantitative estimate of drug-likeness (QED) is 0.550. The van der Waals surface area contributed by atoms with Crippen molar-refractivity contribution in [3.05, 3.63) is 59.5 Å². The van der Waals surface area contributed by atoms with Gasteiger partial charge >= 0.3 is 0 Å². The van der Waals surface area contributed by atoms with Crippen molar-refractivity contribution in [2.45, 2.75) is 70.5 Å². The number of nitrogens with zero attached hydrogens (tertiary/aromatic N) is 2. The second-order valence-corrected chi connectivity index (χ2v) is 9.07. The Bertz CT molecular complexity index is 1080. The van der Waals surface area contributed by atoms with Gasteiger partial charge < -0.3 is 15.1 Å². The van der Waals surface area contributed by atoms with Crippen LogP contribution in [0.25, 0.3) is 22.6 Å². The molecule has 166 valence electrons. The molecular weight excluding hydrogens is 400 g/mol. The molecule has 32 heavy (non-hydrogen) atoms. The molecule has 0 spiro atoms. The predicted octanol–water partition coefficient (Wildman–Crippen LogP) is 5.03. The van der Waals surface area contributed by atoms with Crippen LogP contribution in [0.5, 0.6) is 0 Å². The molecule has 0 saturated heterocycles. The lowest BCUT2D eigenvalue weighted by atomic mass is 9.95. The summed E-state index contributed by atoms with van der Waals surface area (Å²) >= 11 is 0. The van der Waals surface area contributed by atoms with Gasteiger partial charge in [0.05, 0.1) is 6.54 Å². The zero-order valence-electron chi connectivity index (χ0n) is 18.6. The molecule has 2 aliphatic carbocycles. The molecule has 0 radical (unpaired) electrons. The fraction of sp³-hybridized carbons (Fsp3) is 0.423. The summed E-state index contributed by atoms with van der Waals surface area (Å²) in [4.78, 5) is 12.4. The minimum Gasteiger partial charge on any atom is -0.419 e. The van der Waals surface area contributed by atoms with Gasteiger partial charge in [-0.05, 0) is 73.6 Å². The Balaban J connectivity index is 1.27. The maximum atomic E-state index is 12.4. The van der Waals surface area contributed by atoms with Crippen molar-refractivity contribution in [3.63, 3.8) is 0 Å². The van der Waals surface area contributed by atoms with Gasteiger partial charge in [-0.1, -0.05) is 37.5 Å². The number of rotatable bonds is 7. The van der Waals surface area contributed by atoms with Gasteiger partial charge in [-0.3, -0.25) is 4.79 Å². The van der Waals surface area contributed by atoms with E-state index in [-0.39, 0.29) is 5.91 Å². The molecule has 0 atom stereocenters. The standard InChI is InChI=1S/C26H30N4O2/c1-17-7-8-20(25(31)28-22-13-14-22)15-23(17)18-9-11-19(12-10-18)26-30-29-24(32-26)16-27-21-5-3-2-4-6-21/h7-12,15,21-22,27H,2-6,13-14,16H2,1H3,(H,28,31). The molecule has 5 rings (SSSR count). The molecule has 0 bridgehead atoms. The summed E-state index contributed by atoms with van der Waals surface area (Å²) in [6.07, 6.45) is 8.56. The van der Waals surface area contributed by atoms with Crippen molar-refractivity contribution >= 4 is 5.91 Å². The SMILES string of the molecule is Cc1ccc(C(=O)NC2CC2)cc1-c1ccc(-c2nnc(CNC3CCCCC3)o2)cc1. The zero-order chi connectivity index (χ0) is 21.9. The van der Waals surface area contributed by atoms with Crippen LogP contribution in [0.1, 0.15) is 66.8 Å². The van der Waals surface area contributed by atoms with E-state index in [4.69, 9.17) is 4.42 Å². The van der Waals surface area contributed by atoms with E-state index >= 15 is 0 Å². The topological polar surface area (TPSA) is 80.0 Å². The van der Waals surface area contributed by atoms with Crippen LogP contribution < -0.4 is 10.6 Å². The first kappa shape index (κ1) is 20.9. The predicted molar refractivity (Wildman–Crippen MR) is 124 cm³/mol. The lowest BCUT2D eigenvalue weighted by molar-refractivity contribution is 0.0951. The van der Waals surface area contributed by atoms with Crippen LogP contribution in [0.2, 0.25) is 0 Å².